The normalized spacial score (nSPS) is 22.2. The number of rotatable bonds is 6. The number of carbonyl (C=O) groups excluding carboxylic acids is 2. The molecule has 0 spiro atoms. The third-order valence-corrected chi connectivity index (χ3v) is 10.9. The third kappa shape index (κ3) is 6.85. The molecule has 2 N–H and O–H groups in total. The average molecular weight is 655 g/mol. The van der Waals surface area contributed by atoms with Crippen LogP contribution >= 0.6 is 15.9 Å². The van der Waals surface area contributed by atoms with Crippen LogP contribution in [0.3, 0.4) is 0 Å². The van der Waals surface area contributed by atoms with Gasteiger partial charge in [-0.05, 0) is 94.8 Å². The van der Waals surface area contributed by atoms with Gasteiger partial charge in [0, 0.05) is 54.5 Å². The summed E-state index contributed by atoms with van der Waals surface area (Å²) in [6, 6.07) is 11.6. The number of para-hydroxylation sites is 1. The van der Waals surface area contributed by atoms with Gasteiger partial charge in [-0.25, -0.2) is 9.59 Å². The van der Waals surface area contributed by atoms with Crippen LogP contribution in [0, 0.1) is 19.8 Å². The molecule has 2 aromatic rings. The van der Waals surface area contributed by atoms with Crippen molar-refractivity contribution in [2.24, 2.45) is 5.92 Å². The van der Waals surface area contributed by atoms with Crippen LogP contribution in [0.2, 0.25) is 0 Å². The molecule has 43 heavy (non-hydrogen) atoms. The van der Waals surface area contributed by atoms with E-state index in [4.69, 9.17) is 0 Å². The van der Waals surface area contributed by atoms with Crippen LogP contribution in [-0.4, -0.2) is 101 Å². The number of amides is 4. The van der Waals surface area contributed by atoms with Gasteiger partial charge in [-0.2, -0.15) is 0 Å². The fraction of sp³-hybridized carbons (Fsp3) is 0.545. The lowest BCUT2D eigenvalue weighted by molar-refractivity contribution is -0.140. The van der Waals surface area contributed by atoms with Crippen LogP contribution < -0.4 is 5.32 Å². The monoisotopic (exact) mass is 653 g/mol. The highest BCUT2D eigenvalue weighted by molar-refractivity contribution is 9.10. The number of fused-ring (bicyclic) bond motifs is 1. The van der Waals surface area contributed by atoms with Crippen molar-refractivity contribution in [3.05, 3.63) is 63.1 Å². The topological polar surface area (TPSA) is 96.4 Å². The maximum Gasteiger partial charge on any atom is 0.407 e. The van der Waals surface area contributed by atoms with E-state index in [2.05, 4.69) is 52.4 Å². The molecule has 10 heteroatoms. The predicted molar refractivity (Wildman–Crippen MR) is 172 cm³/mol. The Kier molecular flexibility index (Phi) is 9.66. The molecule has 3 heterocycles. The van der Waals surface area contributed by atoms with Crippen LogP contribution in [-0.2, 0) is 17.6 Å². The smallest absolute Gasteiger partial charge is 0.407 e. The number of benzene rings is 2. The number of nitrogens with zero attached hydrogens (tertiary/aromatic N) is 4. The van der Waals surface area contributed by atoms with Gasteiger partial charge in [-0.1, -0.05) is 46.3 Å². The molecule has 4 amide bonds. The second kappa shape index (κ2) is 13.3. The molecule has 5 rings (SSSR count). The number of carboxylic acid groups (broad SMARTS) is 1. The van der Waals surface area contributed by atoms with Gasteiger partial charge in [-0.3, -0.25) is 4.79 Å². The lowest BCUT2D eigenvalue weighted by Gasteiger charge is -2.46. The van der Waals surface area contributed by atoms with Gasteiger partial charge in [0.25, 0.3) is 0 Å². The highest BCUT2D eigenvalue weighted by atomic mass is 79.9. The van der Waals surface area contributed by atoms with Crippen molar-refractivity contribution in [2.45, 2.75) is 70.5 Å². The van der Waals surface area contributed by atoms with Crippen LogP contribution in [0.1, 0.15) is 47.9 Å². The molecular weight excluding hydrogens is 610 g/mol. The molecule has 0 radical (unpaired) electrons. The van der Waals surface area contributed by atoms with E-state index in [-0.39, 0.29) is 24.5 Å². The first-order chi connectivity index (χ1) is 20.5. The summed E-state index contributed by atoms with van der Waals surface area (Å²) in [5, 5.41) is 13.4. The maximum atomic E-state index is 14.4. The van der Waals surface area contributed by atoms with Crippen molar-refractivity contribution in [1.29, 1.82) is 0 Å². The van der Waals surface area contributed by atoms with E-state index in [0.717, 1.165) is 51.7 Å². The number of hydrogen-bond acceptors (Lipinski definition) is 4. The number of aryl methyl sites for hydroxylation is 2. The van der Waals surface area contributed by atoms with Crippen LogP contribution in [0.25, 0.3) is 0 Å². The standard InChI is InChI=1S/C33H44BrN5O4/c1-21-17-23(18-22(2)30(21)34)19-27(31(40)37-13-10-25(11-14-37)36(3)4)29-20-26(12-16-39(29)33(42)43)38-15-9-24-7-5-6-8-28(24)35-32(38)41/h5-8,17-18,25-27,29H,9-16,19-20H2,1-4H3,(H,35,41)(H,42,43)/t26?,27?,29-/m1/s1. The second-order valence-electron chi connectivity index (χ2n) is 12.6. The van der Waals surface area contributed by atoms with Crippen molar-refractivity contribution < 1.29 is 19.5 Å². The summed E-state index contributed by atoms with van der Waals surface area (Å²) < 4.78 is 1.04. The molecule has 9 nitrogen and oxygen atoms in total. The van der Waals surface area contributed by atoms with Crippen molar-refractivity contribution in [1.82, 2.24) is 19.6 Å². The molecule has 0 aliphatic carbocycles. The number of halogens is 1. The summed E-state index contributed by atoms with van der Waals surface area (Å²) in [6.07, 6.45) is 2.91. The second-order valence-corrected chi connectivity index (χ2v) is 13.4. The first-order valence-electron chi connectivity index (χ1n) is 15.4. The highest BCUT2D eigenvalue weighted by Gasteiger charge is 2.44. The number of anilines is 1. The minimum atomic E-state index is -1.01. The zero-order valence-electron chi connectivity index (χ0n) is 25.7. The lowest BCUT2D eigenvalue weighted by atomic mass is 9.82. The van der Waals surface area contributed by atoms with Crippen LogP contribution in [0.15, 0.2) is 40.9 Å². The summed E-state index contributed by atoms with van der Waals surface area (Å²) in [6.45, 7) is 6.24. The SMILES string of the molecule is Cc1cc(CC(C(=O)N2CCC(N(C)C)CC2)[C@H]2CC(N3CCc4ccccc4NC3=O)CCN2C(=O)O)cc(C)c1Br. The summed E-state index contributed by atoms with van der Waals surface area (Å²) in [4.78, 5) is 48.0. The lowest BCUT2D eigenvalue weighted by Crippen LogP contribution is -2.59. The highest BCUT2D eigenvalue weighted by Crippen LogP contribution is 2.34. The Morgan fingerprint density at radius 3 is 2.37 bits per heavy atom. The molecule has 0 aromatic heterocycles. The van der Waals surface area contributed by atoms with E-state index < -0.39 is 18.1 Å². The minimum Gasteiger partial charge on any atom is -0.465 e. The Hall–Kier alpha value is -3.11. The van der Waals surface area contributed by atoms with Crippen molar-refractivity contribution >= 4 is 39.6 Å². The molecule has 2 saturated heterocycles. The van der Waals surface area contributed by atoms with Crippen molar-refractivity contribution in [3.8, 4) is 0 Å². The summed E-state index contributed by atoms with van der Waals surface area (Å²) >= 11 is 3.66. The molecule has 3 atom stereocenters. The molecule has 3 aliphatic heterocycles. The molecule has 0 saturated carbocycles. The number of piperidine rings is 2. The summed E-state index contributed by atoms with van der Waals surface area (Å²) in [5.74, 6) is -0.540. The van der Waals surface area contributed by atoms with E-state index in [0.29, 0.717) is 44.9 Å². The largest absolute Gasteiger partial charge is 0.465 e. The first-order valence-corrected chi connectivity index (χ1v) is 16.2. The van der Waals surface area contributed by atoms with Crippen molar-refractivity contribution in [3.63, 3.8) is 0 Å². The van der Waals surface area contributed by atoms with E-state index in [1.165, 1.54) is 4.90 Å². The number of carbonyl (C=O) groups is 3. The Morgan fingerprint density at radius 1 is 1.05 bits per heavy atom. The zero-order valence-corrected chi connectivity index (χ0v) is 27.3. The minimum absolute atomic E-state index is 0.0139. The van der Waals surface area contributed by atoms with Gasteiger partial charge in [0.05, 0.1) is 5.92 Å². The quantitative estimate of drug-likeness (QED) is 0.437. The van der Waals surface area contributed by atoms with Gasteiger partial charge in [0.1, 0.15) is 0 Å². The van der Waals surface area contributed by atoms with Gasteiger partial charge in [0.15, 0.2) is 0 Å². The number of urea groups is 1. The molecular formula is C33H44BrN5O4. The van der Waals surface area contributed by atoms with E-state index in [9.17, 15) is 19.5 Å². The molecule has 2 unspecified atom stereocenters. The fourth-order valence-electron chi connectivity index (χ4n) is 7.25. The molecule has 0 bridgehead atoms. The summed E-state index contributed by atoms with van der Waals surface area (Å²) in [5.41, 5.74) is 5.11. The van der Waals surface area contributed by atoms with Gasteiger partial charge in [0.2, 0.25) is 5.91 Å². The molecule has 2 fully saturated rings. The number of nitrogens with one attached hydrogen (secondary N) is 1. The van der Waals surface area contributed by atoms with Gasteiger partial charge >= 0.3 is 12.1 Å². The maximum absolute atomic E-state index is 14.4. The Balaban J connectivity index is 1.44. The van der Waals surface area contributed by atoms with Gasteiger partial charge in [-0.15, -0.1) is 0 Å². The van der Waals surface area contributed by atoms with E-state index in [1.807, 2.05) is 47.9 Å². The Labute approximate surface area is 263 Å². The third-order valence-electron chi connectivity index (χ3n) is 9.69. The number of likely N-dealkylation sites (tertiary alicyclic amines) is 2. The van der Waals surface area contributed by atoms with Crippen LogP contribution in [0.4, 0.5) is 15.3 Å². The predicted octanol–water partition coefficient (Wildman–Crippen LogP) is 5.38. The average Bonchev–Trinajstić information content (AvgIpc) is 3.16. The first kappa shape index (κ1) is 31.3. The Morgan fingerprint density at radius 2 is 1.72 bits per heavy atom. The summed E-state index contributed by atoms with van der Waals surface area (Å²) in [7, 11) is 4.15. The van der Waals surface area contributed by atoms with Crippen LogP contribution in [0.5, 0.6) is 0 Å². The van der Waals surface area contributed by atoms with E-state index in [1.54, 1.807) is 0 Å². The molecule has 2 aromatic carbocycles. The fourth-order valence-corrected chi connectivity index (χ4v) is 7.48. The molecule has 3 aliphatic rings. The molecule has 232 valence electrons. The van der Waals surface area contributed by atoms with Gasteiger partial charge < -0.3 is 30.0 Å². The Bertz CT molecular complexity index is 1340. The van der Waals surface area contributed by atoms with Crippen molar-refractivity contribution in [2.75, 3.05) is 45.6 Å². The van der Waals surface area contributed by atoms with E-state index >= 15 is 0 Å². The number of hydrogen-bond donors (Lipinski definition) is 2. The zero-order chi connectivity index (χ0) is 30.8.